The fourth-order valence-corrected chi connectivity index (χ4v) is 4.29. The minimum Gasteiger partial charge on any atom is -0.306 e. The number of hydrogen-bond donors (Lipinski definition) is 1. The van der Waals surface area contributed by atoms with Crippen LogP contribution in [0.4, 0.5) is 0 Å². The van der Waals surface area contributed by atoms with Crippen molar-refractivity contribution >= 4 is 0 Å². The molecule has 2 aromatic heterocycles. The van der Waals surface area contributed by atoms with Gasteiger partial charge in [-0.15, -0.1) is 10.2 Å². The fraction of sp³-hybridized carbons (Fsp3) is 0.400. The first kappa shape index (κ1) is 15.6. The molecule has 0 spiro atoms. The van der Waals surface area contributed by atoms with E-state index in [0.717, 1.165) is 56.2 Å². The highest BCUT2D eigenvalue weighted by molar-refractivity contribution is 5.44. The van der Waals surface area contributed by atoms with Crippen molar-refractivity contribution in [2.24, 2.45) is 0 Å². The lowest BCUT2D eigenvalue weighted by Gasteiger charge is -2.27. The van der Waals surface area contributed by atoms with Crippen LogP contribution in [-0.4, -0.2) is 24.7 Å². The normalized spacial score (nSPS) is 22.3. The molecule has 3 heterocycles. The first-order chi connectivity index (χ1) is 12.9. The molecule has 1 N–H and O–H groups in total. The Labute approximate surface area is 152 Å². The van der Waals surface area contributed by atoms with Gasteiger partial charge in [-0.3, -0.25) is 4.57 Å². The molecule has 2 aliphatic rings. The average Bonchev–Trinajstić information content (AvgIpc) is 3.04. The van der Waals surface area contributed by atoms with Crippen LogP contribution >= 0.6 is 0 Å². The van der Waals surface area contributed by atoms with E-state index < -0.39 is 0 Å². The molecule has 1 saturated carbocycles. The lowest BCUT2D eigenvalue weighted by atomic mass is 9.81. The Hall–Kier alpha value is -2.60. The minimum atomic E-state index is 0.447. The summed E-state index contributed by atoms with van der Waals surface area (Å²) in [6, 6.07) is 10.4. The highest BCUT2D eigenvalue weighted by Gasteiger charge is 2.30. The van der Waals surface area contributed by atoms with Gasteiger partial charge in [0.2, 0.25) is 0 Å². The Morgan fingerprint density at radius 1 is 0.846 bits per heavy atom. The molecule has 1 aromatic carbocycles. The number of para-hydroxylation sites is 1. The smallest absolute Gasteiger partial charge is 0.151 e. The van der Waals surface area contributed by atoms with Crippen molar-refractivity contribution in [1.82, 2.24) is 30.0 Å². The second-order valence-electron chi connectivity index (χ2n) is 7.20. The van der Waals surface area contributed by atoms with Crippen molar-refractivity contribution in [3.63, 3.8) is 0 Å². The van der Waals surface area contributed by atoms with E-state index in [1.54, 1.807) is 0 Å². The van der Waals surface area contributed by atoms with Gasteiger partial charge in [0.05, 0.1) is 12.2 Å². The van der Waals surface area contributed by atoms with Gasteiger partial charge in [0.25, 0.3) is 0 Å². The van der Waals surface area contributed by atoms with Crippen molar-refractivity contribution in [1.29, 1.82) is 0 Å². The molecule has 0 radical (unpaired) electrons. The van der Waals surface area contributed by atoms with Crippen LogP contribution in [-0.2, 0) is 13.1 Å². The summed E-state index contributed by atoms with van der Waals surface area (Å²) in [5.41, 5.74) is 2.53. The molecule has 0 atom stereocenters. The van der Waals surface area contributed by atoms with Crippen LogP contribution in [0, 0.1) is 0 Å². The zero-order valence-corrected chi connectivity index (χ0v) is 14.7. The SMILES string of the molecule is c1cnc(C2CCC(c3nnc4n3-c3ccccc3CNC4)CC2)nc1. The maximum absolute atomic E-state index is 4.60. The molecule has 5 rings (SSSR count). The summed E-state index contributed by atoms with van der Waals surface area (Å²) >= 11 is 0. The molecular weight excluding hydrogens is 324 g/mol. The minimum absolute atomic E-state index is 0.447. The molecule has 6 heteroatoms. The molecule has 26 heavy (non-hydrogen) atoms. The summed E-state index contributed by atoms with van der Waals surface area (Å²) in [4.78, 5) is 8.90. The Kier molecular flexibility index (Phi) is 3.97. The second kappa shape index (κ2) is 6.61. The third-order valence-electron chi connectivity index (χ3n) is 5.63. The lowest BCUT2D eigenvalue weighted by molar-refractivity contribution is 0.372. The molecule has 132 valence electrons. The summed E-state index contributed by atoms with van der Waals surface area (Å²) in [6.07, 6.45) is 8.12. The summed E-state index contributed by atoms with van der Waals surface area (Å²) in [7, 11) is 0. The van der Waals surface area contributed by atoms with Crippen molar-refractivity contribution in [3.05, 3.63) is 65.8 Å². The maximum atomic E-state index is 4.60. The highest BCUT2D eigenvalue weighted by atomic mass is 15.3. The largest absolute Gasteiger partial charge is 0.306 e. The zero-order valence-electron chi connectivity index (χ0n) is 14.7. The predicted molar refractivity (Wildman–Crippen MR) is 97.9 cm³/mol. The van der Waals surface area contributed by atoms with E-state index in [4.69, 9.17) is 0 Å². The van der Waals surface area contributed by atoms with Gasteiger partial charge in [-0.05, 0) is 43.4 Å². The number of fused-ring (bicyclic) bond motifs is 3. The van der Waals surface area contributed by atoms with E-state index in [1.807, 2.05) is 18.5 Å². The lowest BCUT2D eigenvalue weighted by Crippen LogP contribution is -2.17. The number of benzene rings is 1. The standard InChI is InChI=1S/C20H22N6/c1-2-5-17-16(4-1)12-21-13-18-24-25-20(26(17)18)15-8-6-14(7-9-15)19-22-10-3-11-23-19/h1-5,10-11,14-15,21H,6-9,12-13H2. The van der Waals surface area contributed by atoms with Crippen molar-refractivity contribution in [2.45, 2.75) is 50.6 Å². The summed E-state index contributed by atoms with van der Waals surface area (Å²) < 4.78 is 2.29. The van der Waals surface area contributed by atoms with Crippen LogP contribution in [0.15, 0.2) is 42.7 Å². The van der Waals surface area contributed by atoms with E-state index >= 15 is 0 Å². The zero-order chi connectivity index (χ0) is 17.3. The Morgan fingerprint density at radius 3 is 2.46 bits per heavy atom. The van der Waals surface area contributed by atoms with Gasteiger partial charge in [0.1, 0.15) is 11.6 Å². The molecule has 0 saturated heterocycles. The molecule has 1 fully saturated rings. The van der Waals surface area contributed by atoms with E-state index in [0.29, 0.717) is 11.8 Å². The van der Waals surface area contributed by atoms with Crippen LogP contribution in [0.1, 0.15) is 60.6 Å². The molecule has 3 aromatic rings. The highest BCUT2D eigenvalue weighted by Crippen LogP contribution is 2.39. The third-order valence-corrected chi connectivity index (χ3v) is 5.63. The Bertz CT molecular complexity index is 896. The molecule has 1 aliphatic carbocycles. The molecule has 0 unspecified atom stereocenters. The van der Waals surface area contributed by atoms with E-state index in [2.05, 4.69) is 54.3 Å². The van der Waals surface area contributed by atoms with Crippen LogP contribution < -0.4 is 5.32 Å². The average molecular weight is 346 g/mol. The van der Waals surface area contributed by atoms with Crippen LogP contribution in [0.2, 0.25) is 0 Å². The van der Waals surface area contributed by atoms with Gasteiger partial charge in [-0.25, -0.2) is 9.97 Å². The van der Waals surface area contributed by atoms with Crippen molar-refractivity contribution in [3.8, 4) is 5.69 Å². The first-order valence-electron chi connectivity index (χ1n) is 9.40. The summed E-state index contributed by atoms with van der Waals surface area (Å²) in [5.74, 6) is 4.03. The topological polar surface area (TPSA) is 68.5 Å². The van der Waals surface area contributed by atoms with Gasteiger partial charge in [-0.2, -0.15) is 0 Å². The van der Waals surface area contributed by atoms with Crippen LogP contribution in [0.3, 0.4) is 0 Å². The van der Waals surface area contributed by atoms with E-state index in [1.165, 1.54) is 11.3 Å². The second-order valence-corrected chi connectivity index (χ2v) is 7.20. The van der Waals surface area contributed by atoms with Gasteiger partial charge in [0, 0.05) is 30.8 Å². The Morgan fingerprint density at radius 2 is 1.62 bits per heavy atom. The molecule has 1 aliphatic heterocycles. The number of hydrogen-bond acceptors (Lipinski definition) is 5. The fourth-order valence-electron chi connectivity index (χ4n) is 4.29. The third kappa shape index (κ3) is 2.70. The van der Waals surface area contributed by atoms with E-state index in [-0.39, 0.29) is 0 Å². The molecular formula is C20H22N6. The number of nitrogens with one attached hydrogen (secondary N) is 1. The molecule has 0 bridgehead atoms. The first-order valence-corrected chi connectivity index (χ1v) is 9.40. The quantitative estimate of drug-likeness (QED) is 0.772. The monoisotopic (exact) mass is 346 g/mol. The molecule has 0 amide bonds. The number of aromatic nitrogens is 5. The van der Waals surface area contributed by atoms with Crippen molar-refractivity contribution < 1.29 is 0 Å². The summed E-state index contributed by atoms with van der Waals surface area (Å²) in [5, 5.41) is 12.6. The number of rotatable bonds is 2. The predicted octanol–water partition coefficient (Wildman–Crippen LogP) is 3.10. The maximum Gasteiger partial charge on any atom is 0.151 e. The van der Waals surface area contributed by atoms with Gasteiger partial charge >= 0.3 is 0 Å². The van der Waals surface area contributed by atoms with Crippen LogP contribution in [0.25, 0.3) is 5.69 Å². The Balaban J connectivity index is 1.43. The van der Waals surface area contributed by atoms with Crippen molar-refractivity contribution in [2.75, 3.05) is 0 Å². The summed E-state index contributed by atoms with van der Waals surface area (Å²) in [6.45, 7) is 1.63. The number of nitrogens with zero attached hydrogens (tertiary/aromatic N) is 5. The van der Waals surface area contributed by atoms with E-state index in [9.17, 15) is 0 Å². The van der Waals surface area contributed by atoms with Gasteiger partial charge in [0.15, 0.2) is 5.82 Å². The van der Waals surface area contributed by atoms with Crippen LogP contribution in [0.5, 0.6) is 0 Å². The van der Waals surface area contributed by atoms with Gasteiger partial charge in [-0.1, -0.05) is 18.2 Å². The molecule has 6 nitrogen and oxygen atoms in total. The van der Waals surface area contributed by atoms with Gasteiger partial charge < -0.3 is 5.32 Å².